The molecule has 2 rings (SSSR count). The number of hydrogen-bond donors (Lipinski definition) is 3. The number of nitrogens with one attached hydrogen (secondary N) is 2. The van der Waals surface area contributed by atoms with Crippen LogP contribution in [0.2, 0.25) is 0 Å². The molecule has 1 fully saturated rings. The first-order valence-electron chi connectivity index (χ1n) is 6.62. The van der Waals surface area contributed by atoms with Crippen LogP contribution in [0.1, 0.15) is 23.2 Å². The highest BCUT2D eigenvalue weighted by molar-refractivity contribution is 5.96. The summed E-state index contributed by atoms with van der Waals surface area (Å²) < 4.78 is 0. The lowest BCUT2D eigenvalue weighted by atomic mass is 10.1. The van der Waals surface area contributed by atoms with Gasteiger partial charge in [-0.1, -0.05) is 0 Å². The number of piperidine rings is 1. The quantitative estimate of drug-likeness (QED) is 0.708. The molecular weight excluding hydrogens is 256 g/mol. The predicted octanol–water partition coefficient (Wildman–Crippen LogP) is 0.661. The van der Waals surface area contributed by atoms with Crippen molar-refractivity contribution in [1.29, 1.82) is 0 Å². The molecule has 1 aliphatic heterocycles. The standard InChI is InChI=1S/C14H20N4O2/c1-18(2)14(20)9-3-5-11(15)12(7-9)17-10-4-6-13(19)16-8-10/h3,5,7,10,17H,4,6,8,15H2,1-2H3,(H,16,19). The van der Waals surface area contributed by atoms with E-state index in [4.69, 9.17) is 5.73 Å². The SMILES string of the molecule is CN(C)C(=O)c1ccc(N)c(NC2CCC(=O)NC2)c1. The summed E-state index contributed by atoms with van der Waals surface area (Å²) in [6, 6.07) is 5.33. The highest BCUT2D eigenvalue weighted by Gasteiger charge is 2.19. The minimum Gasteiger partial charge on any atom is -0.397 e. The average molecular weight is 276 g/mol. The van der Waals surface area contributed by atoms with E-state index in [2.05, 4.69) is 10.6 Å². The van der Waals surface area contributed by atoms with Crippen LogP contribution in [0.4, 0.5) is 11.4 Å². The van der Waals surface area contributed by atoms with E-state index >= 15 is 0 Å². The van der Waals surface area contributed by atoms with Gasteiger partial charge in [0.05, 0.1) is 11.4 Å². The van der Waals surface area contributed by atoms with Gasteiger partial charge in [0.15, 0.2) is 0 Å². The zero-order valence-corrected chi connectivity index (χ0v) is 11.8. The van der Waals surface area contributed by atoms with Gasteiger partial charge in [-0.2, -0.15) is 0 Å². The molecule has 0 spiro atoms. The van der Waals surface area contributed by atoms with E-state index in [1.165, 1.54) is 4.90 Å². The Bertz CT molecular complexity index is 518. The lowest BCUT2D eigenvalue weighted by Gasteiger charge is -2.25. The Hall–Kier alpha value is -2.24. The summed E-state index contributed by atoms with van der Waals surface area (Å²) in [4.78, 5) is 24.6. The number of amides is 2. The van der Waals surface area contributed by atoms with Crippen LogP contribution < -0.4 is 16.4 Å². The molecule has 2 amide bonds. The van der Waals surface area contributed by atoms with Crippen LogP contribution in [-0.4, -0.2) is 43.4 Å². The Morgan fingerprint density at radius 3 is 2.80 bits per heavy atom. The predicted molar refractivity (Wildman–Crippen MR) is 78.5 cm³/mol. The number of hydrogen-bond acceptors (Lipinski definition) is 4. The molecule has 20 heavy (non-hydrogen) atoms. The van der Waals surface area contributed by atoms with Crippen LogP contribution in [-0.2, 0) is 4.79 Å². The normalized spacial score (nSPS) is 18.3. The smallest absolute Gasteiger partial charge is 0.253 e. The van der Waals surface area contributed by atoms with E-state index in [1.807, 2.05) is 0 Å². The number of benzene rings is 1. The minimum atomic E-state index is -0.0648. The molecule has 4 N–H and O–H groups in total. The first-order valence-corrected chi connectivity index (χ1v) is 6.62. The van der Waals surface area contributed by atoms with Crippen molar-refractivity contribution in [3.05, 3.63) is 23.8 Å². The molecule has 0 aromatic heterocycles. The number of nitrogens with two attached hydrogens (primary N) is 1. The van der Waals surface area contributed by atoms with Crippen molar-refractivity contribution in [2.75, 3.05) is 31.7 Å². The highest BCUT2D eigenvalue weighted by Crippen LogP contribution is 2.23. The van der Waals surface area contributed by atoms with E-state index in [0.29, 0.717) is 24.2 Å². The third kappa shape index (κ3) is 3.20. The second-order valence-corrected chi connectivity index (χ2v) is 5.19. The molecule has 1 saturated heterocycles. The van der Waals surface area contributed by atoms with Crippen molar-refractivity contribution in [2.45, 2.75) is 18.9 Å². The second-order valence-electron chi connectivity index (χ2n) is 5.19. The van der Waals surface area contributed by atoms with Gasteiger partial charge in [-0.05, 0) is 24.6 Å². The summed E-state index contributed by atoms with van der Waals surface area (Å²) >= 11 is 0. The topological polar surface area (TPSA) is 87.5 Å². The molecule has 6 heteroatoms. The fourth-order valence-corrected chi connectivity index (χ4v) is 2.15. The Balaban J connectivity index is 2.12. The van der Waals surface area contributed by atoms with Gasteiger partial charge in [-0.3, -0.25) is 9.59 Å². The van der Waals surface area contributed by atoms with E-state index in [9.17, 15) is 9.59 Å². The van der Waals surface area contributed by atoms with E-state index in [1.54, 1.807) is 32.3 Å². The highest BCUT2D eigenvalue weighted by atomic mass is 16.2. The summed E-state index contributed by atoms with van der Waals surface area (Å²) in [5.74, 6) is 0.0116. The maximum Gasteiger partial charge on any atom is 0.253 e. The van der Waals surface area contributed by atoms with Crippen LogP contribution in [0.15, 0.2) is 18.2 Å². The van der Waals surface area contributed by atoms with Crippen LogP contribution in [0.25, 0.3) is 0 Å². The Morgan fingerprint density at radius 1 is 1.45 bits per heavy atom. The number of nitrogens with zero attached hydrogens (tertiary/aromatic N) is 1. The van der Waals surface area contributed by atoms with Gasteiger partial charge in [-0.15, -0.1) is 0 Å². The van der Waals surface area contributed by atoms with Gasteiger partial charge in [0.25, 0.3) is 5.91 Å². The monoisotopic (exact) mass is 276 g/mol. The van der Waals surface area contributed by atoms with E-state index in [-0.39, 0.29) is 17.9 Å². The molecule has 108 valence electrons. The first kappa shape index (κ1) is 14.2. The molecule has 0 radical (unpaired) electrons. The third-order valence-corrected chi connectivity index (χ3v) is 3.33. The molecular formula is C14H20N4O2. The Morgan fingerprint density at radius 2 is 2.20 bits per heavy atom. The van der Waals surface area contributed by atoms with Crippen LogP contribution in [0.3, 0.4) is 0 Å². The largest absolute Gasteiger partial charge is 0.397 e. The molecule has 1 aromatic rings. The van der Waals surface area contributed by atoms with E-state index in [0.717, 1.165) is 12.1 Å². The van der Waals surface area contributed by atoms with Gasteiger partial charge >= 0.3 is 0 Å². The summed E-state index contributed by atoms with van der Waals surface area (Å²) in [5, 5.41) is 6.10. The molecule has 0 aliphatic carbocycles. The Labute approximate surface area is 118 Å². The van der Waals surface area contributed by atoms with Gasteiger partial charge in [-0.25, -0.2) is 0 Å². The van der Waals surface area contributed by atoms with Gasteiger partial charge < -0.3 is 21.3 Å². The van der Waals surface area contributed by atoms with Crippen molar-refractivity contribution >= 4 is 23.2 Å². The molecule has 1 aromatic carbocycles. The number of anilines is 2. The Kier molecular flexibility index (Phi) is 4.12. The number of rotatable bonds is 3. The zero-order valence-electron chi connectivity index (χ0n) is 11.8. The summed E-state index contributed by atoms with van der Waals surface area (Å²) in [5.41, 5.74) is 7.85. The zero-order chi connectivity index (χ0) is 14.7. The lowest BCUT2D eigenvalue weighted by Crippen LogP contribution is -2.42. The van der Waals surface area contributed by atoms with E-state index < -0.39 is 0 Å². The maximum absolute atomic E-state index is 11.9. The molecule has 0 bridgehead atoms. The fraction of sp³-hybridized carbons (Fsp3) is 0.429. The third-order valence-electron chi connectivity index (χ3n) is 3.33. The van der Waals surface area contributed by atoms with Crippen molar-refractivity contribution in [3.8, 4) is 0 Å². The fourth-order valence-electron chi connectivity index (χ4n) is 2.15. The van der Waals surface area contributed by atoms with Gasteiger partial charge in [0.2, 0.25) is 5.91 Å². The van der Waals surface area contributed by atoms with Gasteiger partial charge in [0, 0.05) is 38.7 Å². The molecule has 1 aliphatic rings. The summed E-state index contributed by atoms with van der Waals surface area (Å²) in [6.45, 7) is 0.574. The molecule has 6 nitrogen and oxygen atoms in total. The van der Waals surface area contributed by atoms with Crippen molar-refractivity contribution in [1.82, 2.24) is 10.2 Å². The maximum atomic E-state index is 11.9. The summed E-state index contributed by atoms with van der Waals surface area (Å²) in [6.07, 6.45) is 1.27. The van der Waals surface area contributed by atoms with Crippen molar-refractivity contribution in [3.63, 3.8) is 0 Å². The van der Waals surface area contributed by atoms with Crippen molar-refractivity contribution in [2.24, 2.45) is 0 Å². The van der Waals surface area contributed by atoms with Crippen LogP contribution >= 0.6 is 0 Å². The molecule has 1 atom stereocenters. The van der Waals surface area contributed by atoms with Crippen LogP contribution in [0, 0.1) is 0 Å². The lowest BCUT2D eigenvalue weighted by molar-refractivity contribution is -0.122. The van der Waals surface area contributed by atoms with Crippen LogP contribution in [0.5, 0.6) is 0 Å². The van der Waals surface area contributed by atoms with Gasteiger partial charge in [0.1, 0.15) is 0 Å². The number of carbonyl (C=O) groups is 2. The second kappa shape index (κ2) is 5.81. The number of carbonyl (C=O) groups excluding carboxylic acids is 2. The molecule has 1 heterocycles. The molecule has 1 unspecified atom stereocenters. The minimum absolute atomic E-state index is 0.0648. The molecule has 0 saturated carbocycles. The summed E-state index contributed by atoms with van der Waals surface area (Å²) in [7, 11) is 3.42. The average Bonchev–Trinajstić information content (AvgIpc) is 2.43. The first-order chi connectivity index (χ1) is 9.47. The number of nitrogen functional groups attached to an aromatic ring is 1. The van der Waals surface area contributed by atoms with Crippen molar-refractivity contribution < 1.29 is 9.59 Å².